The maximum absolute atomic E-state index is 5.54. The lowest BCUT2D eigenvalue weighted by Gasteiger charge is -2.04. The Kier molecular flexibility index (Phi) is 3.08. The molecule has 0 spiro atoms. The Bertz CT molecular complexity index is 438. The predicted molar refractivity (Wildman–Crippen MR) is 61.8 cm³/mol. The Hall–Kier alpha value is -1.27. The molecule has 15 heavy (non-hydrogen) atoms. The molecule has 0 aliphatic carbocycles. The minimum absolute atomic E-state index is 0.000139. The van der Waals surface area contributed by atoms with Gasteiger partial charge in [-0.05, 0) is 0 Å². The van der Waals surface area contributed by atoms with E-state index in [0.29, 0.717) is 11.0 Å². The van der Waals surface area contributed by atoms with Crippen LogP contribution in [-0.2, 0) is 0 Å². The molecule has 6 heteroatoms. The molecular formula is C9H9N3OS2. The number of nitrogen functional groups attached to an aromatic ring is 1. The zero-order valence-corrected chi connectivity index (χ0v) is 9.42. The van der Waals surface area contributed by atoms with Crippen molar-refractivity contribution < 1.29 is 4.42 Å². The topological polar surface area (TPSA) is 64.9 Å². The highest BCUT2D eigenvalue weighted by Crippen LogP contribution is 2.38. The average Bonchev–Trinajstić information content (AvgIpc) is 2.85. The van der Waals surface area contributed by atoms with Crippen LogP contribution in [0.4, 0.5) is 5.13 Å². The first-order valence-corrected chi connectivity index (χ1v) is 5.89. The second-order valence-corrected chi connectivity index (χ2v) is 5.17. The molecule has 0 radical (unpaired) electrons. The zero-order valence-electron chi connectivity index (χ0n) is 7.79. The number of thioether (sulfide) groups is 1. The van der Waals surface area contributed by atoms with Crippen LogP contribution in [0.25, 0.3) is 0 Å². The van der Waals surface area contributed by atoms with Crippen molar-refractivity contribution in [3.63, 3.8) is 0 Å². The maximum Gasteiger partial charge on any atom is 0.211 e. The fraction of sp³-hybridized carbons (Fsp3) is 0.111. The van der Waals surface area contributed by atoms with Gasteiger partial charge in [-0.25, -0.2) is 9.97 Å². The van der Waals surface area contributed by atoms with Crippen molar-refractivity contribution >= 4 is 28.2 Å². The average molecular weight is 239 g/mol. The number of anilines is 1. The lowest BCUT2D eigenvalue weighted by Crippen LogP contribution is -1.88. The summed E-state index contributed by atoms with van der Waals surface area (Å²) in [5.41, 5.74) is 5.54. The molecule has 4 nitrogen and oxygen atoms in total. The van der Waals surface area contributed by atoms with Gasteiger partial charge in [-0.1, -0.05) is 29.2 Å². The first kappa shape index (κ1) is 10.3. The summed E-state index contributed by atoms with van der Waals surface area (Å²) in [5, 5.41) is 0.563. The van der Waals surface area contributed by atoms with Crippen LogP contribution in [0.3, 0.4) is 0 Å². The van der Waals surface area contributed by atoms with Crippen molar-refractivity contribution in [2.45, 2.75) is 9.46 Å². The summed E-state index contributed by atoms with van der Waals surface area (Å²) in [5.74, 6) is 0.641. The Morgan fingerprint density at radius 2 is 2.47 bits per heavy atom. The van der Waals surface area contributed by atoms with Crippen LogP contribution in [0.15, 0.2) is 39.9 Å². The van der Waals surface area contributed by atoms with E-state index in [0.717, 1.165) is 4.21 Å². The van der Waals surface area contributed by atoms with Crippen molar-refractivity contribution in [2.75, 3.05) is 5.73 Å². The van der Waals surface area contributed by atoms with Crippen molar-refractivity contribution in [1.29, 1.82) is 0 Å². The molecule has 0 aliphatic rings. The van der Waals surface area contributed by atoms with Crippen LogP contribution in [0, 0.1) is 0 Å². The van der Waals surface area contributed by atoms with Crippen LogP contribution in [0.5, 0.6) is 0 Å². The monoisotopic (exact) mass is 239 g/mol. The third-order valence-corrected chi connectivity index (χ3v) is 3.80. The largest absolute Gasteiger partial charge is 0.447 e. The van der Waals surface area contributed by atoms with Crippen molar-refractivity contribution in [2.24, 2.45) is 0 Å². The molecule has 0 bridgehead atoms. The van der Waals surface area contributed by atoms with Crippen LogP contribution in [0.2, 0.25) is 0 Å². The zero-order chi connectivity index (χ0) is 10.7. The second kappa shape index (κ2) is 4.50. The molecule has 0 saturated carbocycles. The molecule has 2 heterocycles. The van der Waals surface area contributed by atoms with Gasteiger partial charge < -0.3 is 10.2 Å². The molecule has 0 aromatic carbocycles. The smallest absolute Gasteiger partial charge is 0.211 e. The molecule has 1 atom stereocenters. The van der Waals surface area contributed by atoms with E-state index in [-0.39, 0.29) is 5.25 Å². The number of thiazole rings is 1. The lowest BCUT2D eigenvalue weighted by molar-refractivity contribution is 0.506. The summed E-state index contributed by atoms with van der Waals surface area (Å²) >= 11 is 3.01. The van der Waals surface area contributed by atoms with Crippen molar-refractivity contribution in [3.05, 3.63) is 37.2 Å². The molecule has 0 aliphatic heterocycles. The van der Waals surface area contributed by atoms with Crippen LogP contribution >= 0.6 is 23.1 Å². The van der Waals surface area contributed by atoms with Crippen LogP contribution in [-0.4, -0.2) is 9.97 Å². The minimum atomic E-state index is -0.000139. The Balaban J connectivity index is 2.12. The SMILES string of the molecule is C=CC(Sc1cnc(N)s1)c1ncco1. The molecule has 1 unspecified atom stereocenters. The third-order valence-electron chi connectivity index (χ3n) is 1.65. The van der Waals surface area contributed by atoms with Crippen molar-refractivity contribution in [3.8, 4) is 0 Å². The van der Waals surface area contributed by atoms with E-state index in [4.69, 9.17) is 10.2 Å². The number of hydrogen-bond donors (Lipinski definition) is 1. The normalized spacial score (nSPS) is 12.5. The highest BCUT2D eigenvalue weighted by atomic mass is 32.2. The van der Waals surface area contributed by atoms with Gasteiger partial charge in [0.2, 0.25) is 5.89 Å². The van der Waals surface area contributed by atoms with E-state index in [1.54, 1.807) is 36.5 Å². The minimum Gasteiger partial charge on any atom is -0.447 e. The van der Waals surface area contributed by atoms with E-state index in [2.05, 4.69) is 16.5 Å². The van der Waals surface area contributed by atoms with E-state index < -0.39 is 0 Å². The van der Waals surface area contributed by atoms with Gasteiger partial charge in [-0.3, -0.25) is 0 Å². The number of rotatable bonds is 4. The molecular weight excluding hydrogens is 230 g/mol. The van der Waals surface area contributed by atoms with Gasteiger partial charge in [0.15, 0.2) is 5.13 Å². The van der Waals surface area contributed by atoms with E-state index in [1.807, 2.05) is 0 Å². The molecule has 2 aromatic rings. The highest BCUT2D eigenvalue weighted by Gasteiger charge is 2.14. The summed E-state index contributed by atoms with van der Waals surface area (Å²) in [4.78, 5) is 8.06. The van der Waals surface area contributed by atoms with Gasteiger partial charge in [-0.15, -0.1) is 6.58 Å². The molecule has 2 N–H and O–H groups in total. The maximum atomic E-state index is 5.54. The number of nitrogens with zero attached hydrogens (tertiary/aromatic N) is 2. The molecule has 0 fully saturated rings. The molecule has 2 aromatic heterocycles. The quantitative estimate of drug-likeness (QED) is 0.656. The summed E-state index contributed by atoms with van der Waals surface area (Å²) in [6.07, 6.45) is 6.69. The summed E-state index contributed by atoms with van der Waals surface area (Å²) < 4.78 is 6.24. The van der Waals surface area contributed by atoms with E-state index >= 15 is 0 Å². The van der Waals surface area contributed by atoms with Gasteiger partial charge in [0.05, 0.1) is 16.6 Å². The first-order chi connectivity index (χ1) is 7.29. The Morgan fingerprint density at radius 1 is 1.60 bits per heavy atom. The highest BCUT2D eigenvalue weighted by molar-refractivity contribution is 8.01. The number of aromatic nitrogens is 2. The van der Waals surface area contributed by atoms with Gasteiger partial charge in [0.25, 0.3) is 0 Å². The third kappa shape index (κ3) is 2.40. The lowest BCUT2D eigenvalue weighted by atomic mass is 10.4. The Labute approximate surface area is 95.2 Å². The van der Waals surface area contributed by atoms with Gasteiger partial charge >= 0.3 is 0 Å². The van der Waals surface area contributed by atoms with E-state index in [1.165, 1.54) is 11.3 Å². The fourth-order valence-electron chi connectivity index (χ4n) is 1.03. The summed E-state index contributed by atoms with van der Waals surface area (Å²) in [6.45, 7) is 3.75. The molecule has 0 amide bonds. The predicted octanol–water partition coefficient (Wildman–Crippen LogP) is 2.73. The second-order valence-electron chi connectivity index (χ2n) is 2.66. The van der Waals surface area contributed by atoms with Crippen molar-refractivity contribution in [1.82, 2.24) is 9.97 Å². The first-order valence-electron chi connectivity index (χ1n) is 4.19. The summed E-state index contributed by atoms with van der Waals surface area (Å²) in [7, 11) is 0. The van der Waals surface area contributed by atoms with Gasteiger partial charge in [0.1, 0.15) is 11.5 Å². The molecule has 2 rings (SSSR count). The van der Waals surface area contributed by atoms with Gasteiger partial charge in [0, 0.05) is 0 Å². The number of nitrogens with two attached hydrogens (primary N) is 1. The molecule has 0 saturated heterocycles. The molecule has 78 valence electrons. The number of oxazole rings is 1. The van der Waals surface area contributed by atoms with E-state index in [9.17, 15) is 0 Å². The van der Waals surface area contributed by atoms with Crippen LogP contribution < -0.4 is 5.73 Å². The Morgan fingerprint density at radius 3 is 3.00 bits per heavy atom. The van der Waals surface area contributed by atoms with Crippen LogP contribution in [0.1, 0.15) is 11.1 Å². The fourth-order valence-corrected chi connectivity index (χ4v) is 2.88. The standard InChI is InChI=1S/C9H9N3OS2/c1-2-6(8-11-3-4-13-8)14-7-5-12-9(10)15-7/h2-6H,1H2,(H2,10,12). The van der Waals surface area contributed by atoms with Gasteiger partial charge in [-0.2, -0.15) is 0 Å². The summed E-state index contributed by atoms with van der Waals surface area (Å²) in [6, 6.07) is 0. The number of hydrogen-bond acceptors (Lipinski definition) is 6.